The number of aromatic nitrogens is 5. The number of sulfone groups is 1. The third kappa shape index (κ3) is 4.31. The first kappa shape index (κ1) is 21.8. The summed E-state index contributed by atoms with van der Waals surface area (Å²) >= 11 is 1.36. The van der Waals surface area contributed by atoms with Gasteiger partial charge in [0.15, 0.2) is 26.6 Å². The first-order valence-electron chi connectivity index (χ1n) is 10.2. The molecular formula is C21H25N5O3S2. The van der Waals surface area contributed by atoms with Crippen molar-refractivity contribution in [2.75, 3.05) is 17.3 Å². The van der Waals surface area contributed by atoms with Crippen molar-refractivity contribution in [2.45, 2.75) is 44.9 Å². The largest absolute Gasteiger partial charge is 0.344 e. The fourth-order valence-corrected chi connectivity index (χ4v) is 6.79. The number of thioether (sulfide) groups is 1. The number of ketones is 1. The van der Waals surface area contributed by atoms with E-state index < -0.39 is 9.84 Å². The molecule has 4 rings (SSSR count). The molecule has 0 radical (unpaired) electrons. The van der Waals surface area contributed by atoms with Gasteiger partial charge in [-0.3, -0.25) is 9.78 Å². The van der Waals surface area contributed by atoms with Gasteiger partial charge in [0.05, 0.1) is 17.3 Å². The van der Waals surface area contributed by atoms with Crippen LogP contribution in [0.5, 0.6) is 0 Å². The molecule has 1 aliphatic rings. The van der Waals surface area contributed by atoms with Crippen LogP contribution in [0.3, 0.4) is 0 Å². The van der Waals surface area contributed by atoms with E-state index >= 15 is 0 Å². The Morgan fingerprint density at radius 2 is 1.97 bits per heavy atom. The molecule has 1 fully saturated rings. The van der Waals surface area contributed by atoms with Gasteiger partial charge in [-0.2, -0.15) is 0 Å². The zero-order valence-corrected chi connectivity index (χ0v) is 19.4. The minimum absolute atomic E-state index is 0.00122. The van der Waals surface area contributed by atoms with Gasteiger partial charge < -0.3 is 9.13 Å². The first-order chi connectivity index (χ1) is 14.8. The summed E-state index contributed by atoms with van der Waals surface area (Å²) in [6.07, 6.45) is 4.02. The van der Waals surface area contributed by atoms with E-state index in [4.69, 9.17) is 0 Å². The van der Waals surface area contributed by atoms with E-state index in [2.05, 4.69) is 15.2 Å². The Hall–Kier alpha value is -2.46. The minimum atomic E-state index is -2.99. The molecule has 0 aliphatic carbocycles. The molecule has 0 amide bonds. The van der Waals surface area contributed by atoms with E-state index in [9.17, 15) is 13.2 Å². The lowest BCUT2D eigenvalue weighted by atomic mass is 10.2. The quantitative estimate of drug-likeness (QED) is 0.395. The highest BCUT2D eigenvalue weighted by Crippen LogP contribution is 2.30. The van der Waals surface area contributed by atoms with Gasteiger partial charge in [0, 0.05) is 47.5 Å². The zero-order valence-electron chi connectivity index (χ0n) is 17.8. The molecule has 8 nitrogen and oxygen atoms in total. The van der Waals surface area contributed by atoms with Crippen LogP contribution < -0.4 is 0 Å². The highest BCUT2D eigenvalue weighted by molar-refractivity contribution is 7.99. The van der Waals surface area contributed by atoms with Crippen LogP contribution in [0.2, 0.25) is 0 Å². The number of Topliss-reactive ketones (excluding diaryl/α,β-unsaturated/α-hetero) is 1. The van der Waals surface area contributed by atoms with Crippen LogP contribution >= 0.6 is 11.8 Å². The van der Waals surface area contributed by atoms with Gasteiger partial charge in [-0.25, -0.2) is 8.42 Å². The average Bonchev–Trinajstić information content (AvgIpc) is 3.41. The van der Waals surface area contributed by atoms with Crippen molar-refractivity contribution >= 4 is 27.4 Å². The third-order valence-corrected chi connectivity index (χ3v) is 8.38. The highest BCUT2D eigenvalue weighted by atomic mass is 32.2. The van der Waals surface area contributed by atoms with Crippen molar-refractivity contribution in [3.8, 4) is 11.4 Å². The van der Waals surface area contributed by atoms with Gasteiger partial charge in [-0.15, -0.1) is 10.2 Å². The molecule has 0 aromatic carbocycles. The van der Waals surface area contributed by atoms with Crippen LogP contribution in [0, 0.1) is 13.8 Å². The molecule has 1 atom stereocenters. The average molecular weight is 460 g/mol. The second-order valence-corrected chi connectivity index (χ2v) is 10.9. The molecule has 0 spiro atoms. The topological polar surface area (TPSA) is 99.7 Å². The van der Waals surface area contributed by atoms with E-state index in [-0.39, 0.29) is 29.1 Å². The van der Waals surface area contributed by atoms with E-state index in [1.165, 1.54) is 11.8 Å². The van der Waals surface area contributed by atoms with Gasteiger partial charge in [-0.05, 0) is 45.4 Å². The second-order valence-electron chi connectivity index (χ2n) is 7.71. The van der Waals surface area contributed by atoms with Crippen LogP contribution in [-0.4, -0.2) is 55.8 Å². The molecule has 0 N–H and O–H groups in total. The number of aryl methyl sites for hydroxylation is 1. The zero-order chi connectivity index (χ0) is 22.2. The number of nitrogens with zero attached hydrogens (tertiary/aromatic N) is 5. The predicted octanol–water partition coefficient (Wildman–Crippen LogP) is 3.11. The standard InChI is InChI=1S/C21H25N5O3S2/c1-4-25-20(16-5-8-22-9-6-16)23-24-21(25)30-12-19(27)18-11-14(2)26(15(18)3)17-7-10-31(28,29)13-17/h5-6,8-9,11,17H,4,7,10,12-13H2,1-3H3/t17-/m1/s1. The van der Waals surface area contributed by atoms with Crippen LogP contribution in [0.1, 0.15) is 41.1 Å². The Morgan fingerprint density at radius 1 is 1.23 bits per heavy atom. The smallest absolute Gasteiger partial charge is 0.191 e. The van der Waals surface area contributed by atoms with Crippen molar-refractivity contribution in [2.24, 2.45) is 0 Å². The number of hydrogen-bond acceptors (Lipinski definition) is 7. The summed E-state index contributed by atoms with van der Waals surface area (Å²) in [6.45, 7) is 6.53. The maximum Gasteiger partial charge on any atom is 0.191 e. The van der Waals surface area contributed by atoms with Crippen LogP contribution in [0.25, 0.3) is 11.4 Å². The van der Waals surface area contributed by atoms with Crippen molar-refractivity contribution in [3.05, 3.63) is 47.5 Å². The molecule has 31 heavy (non-hydrogen) atoms. The van der Waals surface area contributed by atoms with E-state index in [0.29, 0.717) is 23.7 Å². The molecule has 3 aromatic rings. The monoisotopic (exact) mass is 459 g/mol. The summed E-state index contributed by atoms with van der Waals surface area (Å²) in [5, 5.41) is 9.28. The Labute approximate surface area is 186 Å². The summed E-state index contributed by atoms with van der Waals surface area (Å²) in [5.74, 6) is 1.34. The van der Waals surface area contributed by atoms with Crippen molar-refractivity contribution in [1.82, 2.24) is 24.3 Å². The van der Waals surface area contributed by atoms with Crippen molar-refractivity contribution in [1.29, 1.82) is 0 Å². The maximum atomic E-state index is 13.0. The molecule has 0 unspecified atom stereocenters. The lowest BCUT2D eigenvalue weighted by Gasteiger charge is -2.16. The van der Waals surface area contributed by atoms with Crippen molar-refractivity contribution < 1.29 is 13.2 Å². The maximum absolute atomic E-state index is 13.0. The SMILES string of the molecule is CCn1c(SCC(=O)c2cc(C)n([C@@H]3CCS(=O)(=O)C3)c2C)nnc1-c1ccncc1. The summed E-state index contributed by atoms with van der Waals surface area (Å²) in [5.41, 5.74) is 3.33. The number of carbonyl (C=O) groups is 1. The third-order valence-electron chi connectivity index (χ3n) is 5.66. The predicted molar refractivity (Wildman–Crippen MR) is 120 cm³/mol. The van der Waals surface area contributed by atoms with Crippen LogP contribution in [0.15, 0.2) is 35.7 Å². The van der Waals surface area contributed by atoms with Gasteiger partial charge >= 0.3 is 0 Å². The molecule has 1 aliphatic heterocycles. The van der Waals surface area contributed by atoms with E-state index in [0.717, 1.165) is 22.8 Å². The summed E-state index contributed by atoms with van der Waals surface area (Å²) < 4.78 is 27.8. The Bertz CT molecular complexity index is 1220. The first-order valence-corrected chi connectivity index (χ1v) is 13.0. The molecule has 3 aromatic heterocycles. The Balaban J connectivity index is 1.51. The van der Waals surface area contributed by atoms with Crippen LogP contribution in [-0.2, 0) is 16.4 Å². The molecule has 164 valence electrons. The van der Waals surface area contributed by atoms with E-state index in [1.807, 2.05) is 48.1 Å². The number of carbonyl (C=O) groups excluding carboxylic acids is 1. The molecule has 0 saturated carbocycles. The molecule has 4 heterocycles. The van der Waals surface area contributed by atoms with Crippen molar-refractivity contribution in [3.63, 3.8) is 0 Å². The minimum Gasteiger partial charge on any atom is -0.344 e. The highest BCUT2D eigenvalue weighted by Gasteiger charge is 2.31. The van der Waals surface area contributed by atoms with Gasteiger partial charge in [0.25, 0.3) is 0 Å². The Kier molecular flexibility index (Phi) is 6.02. The number of hydrogen-bond donors (Lipinski definition) is 0. The summed E-state index contributed by atoms with van der Waals surface area (Å²) in [7, 11) is -2.99. The number of pyridine rings is 1. The lowest BCUT2D eigenvalue weighted by molar-refractivity contribution is 0.102. The normalized spacial score (nSPS) is 17.8. The molecule has 10 heteroatoms. The van der Waals surface area contributed by atoms with Gasteiger partial charge in [0.1, 0.15) is 0 Å². The van der Waals surface area contributed by atoms with Crippen LogP contribution in [0.4, 0.5) is 0 Å². The van der Waals surface area contributed by atoms with E-state index in [1.54, 1.807) is 12.4 Å². The fourth-order valence-electron chi connectivity index (χ4n) is 4.20. The number of rotatable bonds is 7. The fraction of sp³-hybridized carbons (Fsp3) is 0.429. The molecule has 0 bridgehead atoms. The van der Waals surface area contributed by atoms with Gasteiger partial charge in [0.2, 0.25) is 0 Å². The second kappa shape index (κ2) is 8.58. The molecule has 1 saturated heterocycles. The Morgan fingerprint density at radius 3 is 2.61 bits per heavy atom. The lowest BCUT2D eigenvalue weighted by Crippen LogP contribution is -2.14. The molecular weight excluding hydrogens is 434 g/mol. The summed E-state index contributed by atoms with van der Waals surface area (Å²) in [6, 6.07) is 5.54. The van der Waals surface area contributed by atoms with Gasteiger partial charge in [-0.1, -0.05) is 11.8 Å². The summed E-state index contributed by atoms with van der Waals surface area (Å²) in [4.78, 5) is 17.0.